The third-order valence-electron chi connectivity index (χ3n) is 4.91. The van der Waals surface area contributed by atoms with Gasteiger partial charge in [0.05, 0.1) is 0 Å². The van der Waals surface area contributed by atoms with E-state index in [0.717, 1.165) is 44.5 Å². The van der Waals surface area contributed by atoms with E-state index < -0.39 is 0 Å². The highest BCUT2D eigenvalue weighted by Crippen LogP contribution is 2.24. The van der Waals surface area contributed by atoms with Crippen molar-refractivity contribution in [3.63, 3.8) is 0 Å². The van der Waals surface area contributed by atoms with Gasteiger partial charge in [-0.1, -0.05) is 41.9 Å². The molecule has 1 amide bonds. The number of hydrogen-bond acceptors (Lipinski definition) is 3. The number of carbonyl (C=O) groups is 1. The number of amides is 1. The normalized spacial score (nSPS) is 15.5. The second-order valence-electron chi connectivity index (χ2n) is 6.66. The van der Waals surface area contributed by atoms with Crippen LogP contribution in [0.3, 0.4) is 0 Å². The Morgan fingerprint density at radius 3 is 2.54 bits per heavy atom. The van der Waals surface area contributed by atoms with Crippen LogP contribution in [-0.2, 0) is 6.42 Å². The van der Waals surface area contributed by atoms with Crippen LogP contribution in [-0.4, -0.2) is 48.4 Å². The average molecular weight is 369 g/mol. The fraction of sp³-hybridized carbons (Fsp3) is 0.286. The molecule has 1 aromatic heterocycles. The maximum atomic E-state index is 12.7. The molecule has 0 radical (unpaired) electrons. The van der Waals surface area contributed by atoms with Crippen molar-refractivity contribution in [2.75, 3.05) is 32.7 Å². The van der Waals surface area contributed by atoms with Crippen LogP contribution in [0.4, 0.5) is 0 Å². The molecule has 0 saturated carbocycles. The van der Waals surface area contributed by atoms with Gasteiger partial charge in [-0.25, -0.2) is 0 Å². The van der Waals surface area contributed by atoms with Gasteiger partial charge in [-0.3, -0.25) is 9.69 Å². The van der Waals surface area contributed by atoms with Crippen molar-refractivity contribution in [3.05, 3.63) is 70.9 Å². The Labute approximate surface area is 157 Å². The molecule has 134 valence electrons. The van der Waals surface area contributed by atoms with Crippen LogP contribution in [0.2, 0.25) is 5.02 Å². The minimum Gasteiger partial charge on any atom is -0.451 e. The number of benzene rings is 2. The van der Waals surface area contributed by atoms with Crippen LogP contribution in [0.25, 0.3) is 11.0 Å². The zero-order chi connectivity index (χ0) is 17.9. The molecular weight excluding hydrogens is 348 g/mol. The molecule has 0 bridgehead atoms. The maximum absolute atomic E-state index is 12.7. The van der Waals surface area contributed by atoms with Crippen LogP contribution in [0.5, 0.6) is 0 Å². The van der Waals surface area contributed by atoms with E-state index >= 15 is 0 Å². The summed E-state index contributed by atoms with van der Waals surface area (Å²) >= 11 is 6.00. The first-order chi connectivity index (χ1) is 12.7. The highest BCUT2D eigenvalue weighted by Gasteiger charge is 2.24. The third-order valence-corrected chi connectivity index (χ3v) is 5.14. The van der Waals surface area contributed by atoms with Gasteiger partial charge >= 0.3 is 0 Å². The van der Waals surface area contributed by atoms with Crippen molar-refractivity contribution in [2.45, 2.75) is 6.42 Å². The SMILES string of the molecule is O=C(c1cc2cc(Cl)ccc2o1)N1CCN(CCc2ccccc2)CC1. The second kappa shape index (κ2) is 7.52. The zero-order valence-electron chi connectivity index (χ0n) is 14.5. The Balaban J connectivity index is 1.34. The van der Waals surface area contributed by atoms with Crippen LogP contribution in [0.15, 0.2) is 59.0 Å². The lowest BCUT2D eigenvalue weighted by molar-refractivity contribution is 0.0610. The van der Waals surface area contributed by atoms with Crippen molar-refractivity contribution in [3.8, 4) is 0 Å². The Hall–Kier alpha value is -2.30. The summed E-state index contributed by atoms with van der Waals surface area (Å²) in [4.78, 5) is 17.0. The van der Waals surface area contributed by atoms with Crippen LogP contribution < -0.4 is 0 Å². The summed E-state index contributed by atoms with van der Waals surface area (Å²) in [5, 5.41) is 1.51. The third kappa shape index (κ3) is 3.76. The monoisotopic (exact) mass is 368 g/mol. The number of fused-ring (bicyclic) bond motifs is 1. The zero-order valence-corrected chi connectivity index (χ0v) is 15.3. The highest BCUT2D eigenvalue weighted by molar-refractivity contribution is 6.31. The predicted octanol–water partition coefficient (Wildman–Crippen LogP) is 4.09. The Kier molecular flexibility index (Phi) is 4.96. The lowest BCUT2D eigenvalue weighted by Gasteiger charge is -2.34. The van der Waals surface area contributed by atoms with Crippen LogP contribution in [0, 0.1) is 0 Å². The van der Waals surface area contributed by atoms with E-state index in [9.17, 15) is 4.79 Å². The van der Waals surface area contributed by atoms with E-state index in [1.54, 1.807) is 18.2 Å². The fourth-order valence-electron chi connectivity index (χ4n) is 3.38. The maximum Gasteiger partial charge on any atom is 0.289 e. The van der Waals surface area contributed by atoms with Crippen molar-refractivity contribution in [1.29, 1.82) is 0 Å². The van der Waals surface area contributed by atoms with Gasteiger partial charge in [-0.15, -0.1) is 0 Å². The first kappa shape index (κ1) is 17.1. The standard InChI is InChI=1S/C21H21ClN2O2/c22-18-6-7-19-17(14-18)15-20(26-19)21(25)24-12-10-23(11-13-24)9-8-16-4-2-1-3-5-16/h1-7,14-15H,8-13H2. The second-order valence-corrected chi connectivity index (χ2v) is 7.10. The first-order valence-electron chi connectivity index (χ1n) is 8.94. The number of halogens is 1. The van der Waals surface area contributed by atoms with Gasteiger partial charge in [0.25, 0.3) is 5.91 Å². The minimum atomic E-state index is -0.0416. The smallest absolute Gasteiger partial charge is 0.289 e. The summed E-state index contributed by atoms with van der Waals surface area (Å²) in [5.41, 5.74) is 2.05. The number of piperazine rings is 1. The predicted molar refractivity (Wildman–Crippen MR) is 104 cm³/mol. The summed E-state index contributed by atoms with van der Waals surface area (Å²) in [5.74, 6) is 0.347. The Morgan fingerprint density at radius 1 is 1.00 bits per heavy atom. The molecule has 2 aromatic carbocycles. The molecule has 3 aromatic rings. The van der Waals surface area contributed by atoms with Crippen LogP contribution in [0.1, 0.15) is 16.1 Å². The molecule has 0 spiro atoms. The number of hydrogen-bond donors (Lipinski definition) is 0. The van der Waals surface area contributed by atoms with Crippen LogP contribution >= 0.6 is 11.6 Å². The molecule has 1 aliphatic heterocycles. The molecule has 0 unspecified atom stereocenters. The molecule has 4 rings (SSSR count). The van der Waals surface area contributed by atoms with Gasteiger partial charge in [-0.05, 0) is 36.2 Å². The van der Waals surface area contributed by atoms with Gasteiger partial charge in [0.1, 0.15) is 5.58 Å². The van der Waals surface area contributed by atoms with Gasteiger partial charge in [0, 0.05) is 43.1 Å². The molecule has 5 heteroatoms. The van der Waals surface area contributed by atoms with Gasteiger partial charge in [-0.2, -0.15) is 0 Å². The quantitative estimate of drug-likeness (QED) is 0.696. The lowest BCUT2D eigenvalue weighted by Crippen LogP contribution is -2.49. The largest absolute Gasteiger partial charge is 0.451 e. The van der Waals surface area contributed by atoms with Gasteiger partial charge in [0.2, 0.25) is 0 Å². The summed E-state index contributed by atoms with van der Waals surface area (Å²) < 4.78 is 5.71. The molecule has 1 aliphatic rings. The molecule has 1 saturated heterocycles. The number of rotatable bonds is 4. The van der Waals surface area contributed by atoms with E-state index in [1.807, 2.05) is 17.0 Å². The van der Waals surface area contributed by atoms with E-state index in [-0.39, 0.29) is 5.91 Å². The molecule has 1 fully saturated rings. The first-order valence-corrected chi connectivity index (χ1v) is 9.31. The van der Waals surface area contributed by atoms with E-state index in [2.05, 4.69) is 29.2 Å². The molecule has 0 aliphatic carbocycles. The summed E-state index contributed by atoms with van der Waals surface area (Å²) in [6, 6.07) is 17.7. The van der Waals surface area contributed by atoms with E-state index in [4.69, 9.17) is 16.0 Å². The summed E-state index contributed by atoms with van der Waals surface area (Å²) in [6.07, 6.45) is 1.04. The topological polar surface area (TPSA) is 36.7 Å². The van der Waals surface area contributed by atoms with Crippen molar-refractivity contribution >= 4 is 28.5 Å². The number of carbonyl (C=O) groups excluding carboxylic acids is 1. The minimum absolute atomic E-state index is 0.0416. The Morgan fingerprint density at radius 2 is 1.77 bits per heavy atom. The molecule has 4 nitrogen and oxygen atoms in total. The molecule has 26 heavy (non-hydrogen) atoms. The van der Waals surface area contributed by atoms with E-state index in [1.165, 1.54) is 5.56 Å². The fourth-order valence-corrected chi connectivity index (χ4v) is 3.56. The average Bonchev–Trinajstić information content (AvgIpc) is 3.10. The molecular formula is C21H21ClN2O2. The lowest BCUT2D eigenvalue weighted by atomic mass is 10.1. The van der Waals surface area contributed by atoms with Crippen molar-refractivity contribution in [2.24, 2.45) is 0 Å². The summed E-state index contributed by atoms with van der Waals surface area (Å²) in [7, 11) is 0. The highest BCUT2D eigenvalue weighted by atomic mass is 35.5. The van der Waals surface area contributed by atoms with Crippen molar-refractivity contribution in [1.82, 2.24) is 9.80 Å². The van der Waals surface area contributed by atoms with Gasteiger partial charge < -0.3 is 9.32 Å². The summed E-state index contributed by atoms with van der Waals surface area (Å²) in [6.45, 7) is 4.27. The van der Waals surface area contributed by atoms with Crippen molar-refractivity contribution < 1.29 is 9.21 Å². The number of nitrogens with zero attached hydrogens (tertiary/aromatic N) is 2. The van der Waals surface area contributed by atoms with Gasteiger partial charge in [0.15, 0.2) is 5.76 Å². The van der Waals surface area contributed by atoms with E-state index in [0.29, 0.717) is 16.4 Å². The number of furan rings is 1. The molecule has 0 atom stereocenters. The molecule has 0 N–H and O–H groups in total. The Bertz CT molecular complexity index is 899. The molecule has 2 heterocycles.